The maximum atomic E-state index is 12.0. The largest absolute Gasteiger partial charge is 0.664 e. The van der Waals surface area contributed by atoms with Gasteiger partial charge in [-0.25, -0.2) is 0 Å². The number of fused-ring (bicyclic) bond motifs is 1. The number of likely N-dealkylation sites (N-methyl/N-ethyl adjacent to an activating group) is 1. The van der Waals surface area contributed by atoms with E-state index in [9.17, 15) is 4.79 Å². The molecule has 0 aliphatic carbocycles. The summed E-state index contributed by atoms with van der Waals surface area (Å²) in [4.78, 5) is 13.4. The number of nitrogens with zero attached hydrogens (tertiary/aromatic N) is 3. The number of hydrogen-bond donors (Lipinski definition) is 0. The Labute approximate surface area is 141 Å². The van der Waals surface area contributed by atoms with E-state index in [1.807, 2.05) is 0 Å². The maximum Gasteiger partial charge on any atom is 0.212 e. The Morgan fingerprint density at radius 3 is 2.82 bits per heavy atom. The van der Waals surface area contributed by atoms with Gasteiger partial charge in [-0.2, -0.15) is 5.10 Å². The van der Waals surface area contributed by atoms with Gasteiger partial charge in [0, 0.05) is 40.6 Å². The van der Waals surface area contributed by atoms with Crippen LogP contribution in [0, 0.1) is 0 Å². The Morgan fingerprint density at radius 2 is 2.14 bits per heavy atom. The van der Waals surface area contributed by atoms with Crippen molar-refractivity contribution in [1.29, 1.82) is 0 Å². The first-order chi connectivity index (χ1) is 10.0. The average Bonchev–Trinajstić information content (AvgIpc) is 2.84. The Kier molecular flexibility index (Phi) is 4.86. The Balaban J connectivity index is 0.00000176. The van der Waals surface area contributed by atoms with E-state index in [2.05, 4.69) is 5.10 Å². The van der Waals surface area contributed by atoms with Gasteiger partial charge in [0.1, 0.15) is 11.5 Å². The van der Waals surface area contributed by atoms with Crippen LogP contribution in [-0.4, -0.2) is 35.4 Å². The van der Waals surface area contributed by atoms with Crippen molar-refractivity contribution in [2.75, 3.05) is 18.6 Å². The number of benzene rings is 1. The summed E-state index contributed by atoms with van der Waals surface area (Å²) in [5, 5.41) is 4.03. The van der Waals surface area contributed by atoms with Crippen LogP contribution in [0.3, 0.4) is 0 Å². The first-order valence-electron chi connectivity index (χ1n) is 6.46. The van der Waals surface area contributed by atoms with Crippen LogP contribution in [-0.2, 0) is 32.3 Å². The molecule has 1 aromatic carbocycles. The SMILES string of the molecule is CN1C(=O)C([NH-])COc2ccc(Oc3cnn(C)c3)cc21.[Pd]. The minimum atomic E-state index is -0.912. The molecule has 0 fully saturated rings. The van der Waals surface area contributed by atoms with Crippen molar-refractivity contribution >= 4 is 11.6 Å². The predicted molar refractivity (Wildman–Crippen MR) is 76.7 cm³/mol. The van der Waals surface area contributed by atoms with Gasteiger partial charge in [-0.1, -0.05) is 0 Å². The van der Waals surface area contributed by atoms with Crippen LogP contribution < -0.4 is 14.4 Å². The number of hydrogen-bond acceptors (Lipinski definition) is 4. The number of rotatable bonds is 2. The van der Waals surface area contributed by atoms with E-state index in [1.165, 1.54) is 4.90 Å². The molecule has 1 N–H and O–H groups in total. The third-order valence-corrected chi connectivity index (χ3v) is 3.24. The Morgan fingerprint density at radius 1 is 1.36 bits per heavy atom. The van der Waals surface area contributed by atoms with E-state index >= 15 is 0 Å². The molecule has 2 aromatic rings. The molecule has 1 amide bonds. The summed E-state index contributed by atoms with van der Waals surface area (Å²) >= 11 is 0. The topological polar surface area (TPSA) is 80.4 Å². The number of carbonyl (C=O) groups excluding carboxylic acids is 1. The zero-order chi connectivity index (χ0) is 15.0. The van der Waals surface area contributed by atoms with Crippen molar-refractivity contribution in [3.63, 3.8) is 0 Å². The second-order valence-electron chi connectivity index (χ2n) is 4.84. The molecule has 1 aromatic heterocycles. The van der Waals surface area contributed by atoms with Crippen LogP contribution in [0.15, 0.2) is 30.6 Å². The molecule has 7 nitrogen and oxygen atoms in total. The summed E-state index contributed by atoms with van der Waals surface area (Å²) in [5.74, 6) is 1.46. The zero-order valence-corrected chi connectivity index (χ0v) is 13.6. The standard InChI is InChI=1S/C14H15N4O3.Pd/c1-17-7-10(6-16-17)21-9-3-4-13-12(5-9)18(2)14(19)11(15)8-20-13;/h3-7,11,15H,8H2,1-2H3;/q-1;. The molecular formula is C14H15N4O3Pd-. The first-order valence-corrected chi connectivity index (χ1v) is 6.46. The van der Waals surface area contributed by atoms with Crippen LogP contribution >= 0.6 is 0 Å². The minimum Gasteiger partial charge on any atom is -0.664 e. The van der Waals surface area contributed by atoms with Crippen molar-refractivity contribution in [2.24, 2.45) is 7.05 Å². The van der Waals surface area contributed by atoms with Crippen LogP contribution in [0.5, 0.6) is 17.2 Å². The molecule has 0 saturated heterocycles. The van der Waals surface area contributed by atoms with Gasteiger partial charge in [-0.15, -0.1) is 0 Å². The fourth-order valence-corrected chi connectivity index (χ4v) is 2.13. The summed E-state index contributed by atoms with van der Waals surface area (Å²) in [6, 6.07) is 4.31. The van der Waals surface area contributed by atoms with Gasteiger partial charge >= 0.3 is 0 Å². The fourth-order valence-electron chi connectivity index (χ4n) is 2.13. The molecule has 0 radical (unpaired) electrons. The molecule has 1 atom stereocenters. The van der Waals surface area contributed by atoms with Gasteiger partial charge in [-0.05, 0) is 18.2 Å². The van der Waals surface area contributed by atoms with E-state index in [1.54, 1.807) is 49.4 Å². The van der Waals surface area contributed by atoms with E-state index in [0.717, 1.165) is 0 Å². The smallest absolute Gasteiger partial charge is 0.212 e. The molecule has 0 saturated carbocycles. The van der Waals surface area contributed by atoms with E-state index in [4.69, 9.17) is 15.2 Å². The molecule has 1 aliphatic heterocycles. The Hall–Kier alpha value is -1.88. The first kappa shape index (κ1) is 16.5. The number of aryl methyl sites for hydroxylation is 1. The second-order valence-corrected chi connectivity index (χ2v) is 4.84. The summed E-state index contributed by atoms with van der Waals surface area (Å²) in [7, 11) is 3.43. The fraction of sp³-hybridized carbons (Fsp3) is 0.286. The van der Waals surface area contributed by atoms with Crippen molar-refractivity contribution in [3.8, 4) is 17.2 Å². The molecule has 3 rings (SSSR count). The van der Waals surface area contributed by atoms with Gasteiger partial charge in [0.2, 0.25) is 5.91 Å². The molecule has 1 unspecified atom stereocenters. The third kappa shape index (κ3) is 3.14. The van der Waals surface area contributed by atoms with Gasteiger partial charge in [0.25, 0.3) is 0 Å². The molecule has 120 valence electrons. The number of ether oxygens (including phenoxy) is 2. The number of anilines is 1. The number of aromatic nitrogens is 2. The van der Waals surface area contributed by atoms with Crippen LogP contribution in [0.4, 0.5) is 5.69 Å². The Bertz CT molecular complexity index is 688. The monoisotopic (exact) mass is 393 g/mol. The van der Waals surface area contributed by atoms with Crippen LogP contribution in [0.2, 0.25) is 0 Å². The van der Waals surface area contributed by atoms with Crippen molar-refractivity contribution in [1.82, 2.24) is 9.78 Å². The van der Waals surface area contributed by atoms with Crippen molar-refractivity contribution < 1.29 is 34.7 Å². The van der Waals surface area contributed by atoms with Crippen LogP contribution in [0.25, 0.3) is 5.73 Å². The molecule has 0 bridgehead atoms. The predicted octanol–water partition coefficient (Wildman–Crippen LogP) is 1.99. The molecule has 8 heteroatoms. The molecule has 0 spiro atoms. The maximum absolute atomic E-state index is 12.0. The third-order valence-electron chi connectivity index (χ3n) is 3.24. The van der Waals surface area contributed by atoms with Gasteiger partial charge in [0.15, 0.2) is 5.75 Å². The zero-order valence-electron chi connectivity index (χ0n) is 12.1. The van der Waals surface area contributed by atoms with Crippen molar-refractivity contribution in [3.05, 3.63) is 36.3 Å². The summed E-state index contributed by atoms with van der Waals surface area (Å²) in [5.41, 5.74) is 8.30. The number of nitrogens with one attached hydrogen (secondary N) is 1. The molecular weight excluding hydrogens is 379 g/mol. The quantitative estimate of drug-likeness (QED) is 0.731. The van der Waals surface area contributed by atoms with Gasteiger partial charge in [0.05, 0.1) is 24.7 Å². The summed E-state index contributed by atoms with van der Waals surface area (Å²) < 4.78 is 12.8. The van der Waals surface area contributed by atoms with Crippen molar-refractivity contribution in [2.45, 2.75) is 6.04 Å². The van der Waals surface area contributed by atoms with E-state index in [0.29, 0.717) is 22.9 Å². The summed E-state index contributed by atoms with van der Waals surface area (Å²) in [6.07, 6.45) is 3.35. The molecule has 22 heavy (non-hydrogen) atoms. The normalized spacial score (nSPS) is 17.1. The minimum absolute atomic E-state index is 0. The average molecular weight is 394 g/mol. The molecule has 2 heterocycles. The molecule has 1 aliphatic rings. The van der Waals surface area contributed by atoms with E-state index < -0.39 is 6.04 Å². The second kappa shape index (κ2) is 6.48. The van der Waals surface area contributed by atoms with Gasteiger partial charge < -0.3 is 20.1 Å². The van der Waals surface area contributed by atoms with E-state index in [-0.39, 0.29) is 32.9 Å². The van der Waals surface area contributed by atoms with Gasteiger partial charge in [-0.3, -0.25) is 9.48 Å². The summed E-state index contributed by atoms with van der Waals surface area (Å²) in [6.45, 7) is 0.0545. The number of amides is 1. The van der Waals surface area contributed by atoms with Crippen LogP contribution in [0.1, 0.15) is 0 Å². The number of carbonyl (C=O) groups is 1.